The van der Waals surface area contributed by atoms with E-state index in [1.807, 2.05) is 44.2 Å². The molecule has 1 saturated carbocycles. The van der Waals surface area contributed by atoms with Crippen molar-refractivity contribution in [1.29, 1.82) is 0 Å². The van der Waals surface area contributed by atoms with Gasteiger partial charge in [-0.3, -0.25) is 19.8 Å². The smallest absolute Gasteiger partial charge is 0.158 e. The Hall–Kier alpha value is -2.54. The molecular formula is C18H22N4O3. The third kappa shape index (κ3) is 4.11. The van der Waals surface area contributed by atoms with E-state index < -0.39 is 5.92 Å². The molecule has 132 valence electrons. The Morgan fingerprint density at radius 1 is 1.20 bits per heavy atom. The topological polar surface area (TPSA) is 90.9 Å². The van der Waals surface area contributed by atoms with Crippen LogP contribution < -0.4 is 11.0 Å². The van der Waals surface area contributed by atoms with Crippen LogP contribution in [0, 0.1) is 11.3 Å². The summed E-state index contributed by atoms with van der Waals surface area (Å²) in [5.74, 6) is -1.68. The third-order valence-corrected chi connectivity index (χ3v) is 4.37. The van der Waals surface area contributed by atoms with Crippen molar-refractivity contribution in [2.24, 2.45) is 16.4 Å². The molecule has 0 unspecified atom stereocenters. The lowest BCUT2D eigenvalue weighted by Crippen LogP contribution is -2.44. The summed E-state index contributed by atoms with van der Waals surface area (Å²) < 4.78 is 0. The standard InChI is InChI=1S/C18H22N4O3/c1-18(2)9-14(24)17(15(25)10-18)13(23)8-16-19-21-22(20-16)11-12-6-4-3-5-7-12/h3-7,17,21H,8-11H2,1-2H3,(H,19,20). The number of hydrazone groups is 1. The number of hydrogen-bond donors (Lipinski definition) is 2. The van der Waals surface area contributed by atoms with Gasteiger partial charge < -0.3 is 0 Å². The summed E-state index contributed by atoms with van der Waals surface area (Å²) in [6.45, 7) is 4.30. The van der Waals surface area contributed by atoms with Crippen molar-refractivity contribution in [2.75, 3.05) is 0 Å². The van der Waals surface area contributed by atoms with Crippen molar-refractivity contribution < 1.29 is 14.4 Å². The van der Waals surface area contributed by atoms with Gasteiger partial charge in [0.25, 0.3) is 0 Å². The van der Waals surface area contributed by atoms with Gasteiger partial charge >= 0.3 is 0 Å². The molecule has 1 aliphatic heterocycles. The van der Waals surface area contributed by atoms with E-state index in [2.05, 4.69) is 16.1 Å². The molecule has 0 radical (unpaired) electrons. The number of hydrazine groups is 2. The average molecular weight is 342 g/mol. The highest BCUT2D eigenvalue weighted by Gasteiger charge is 2.43. The number of rotatable bonds is 5. The predicted octanol–water partition coefficient (Wildman–Crippen LogP) is 1.36. The summed E-state index contributed by atoms with van der Waals surface area (Å²) >= 11 is 0. The van der Waals surface area contributed by atoms with Gasteiger partial charge in [-0.05, 0) is 11.0 Å². The molecule has 0 atom stereocenters. The SMILES string of the molecule is CC1(C)CC(=O)C(C(=O)CC2=NNN(Cc3ccccc3)N2)C(=O)C1. The van der Waals surface area contributed by atoms with E-state index in [1.54, 1.807) is 5.12 Å². The van der Waals surface area contributed by atoms with Crippen LogP contribution in [0.4, 0.5) is 0 Å². The number of hydrogen-bond acceptors (Lipinski definition) is 7. The van der Waals surface area contributed by atoms with Crippen LogP contribution in [-0.2, 0) is 20.9 Å². The average Bonchev–Trinajstić information content (AvgIpc) is 2.93. The third-order valence-electron chi connectivity index (χ3n) is 4.37. The number of nitrogens with one attached hydrogen (secondary N) is 2. The fraction of sp³-hybridized carbons (Fsp3) is 0.444. The monoisotopic (exact) mass is 342 g/mol. The molecule has 7 nitrogen and oxygen atoms in total. The lowest BCUT2D eigenvalue weighted by molar-refractivity contribution is -0.144. The van der Waals surface area contributed by atoms with Crippen molar-refractivity contribution in [2.45, 2.75) is 39.7 Å². The van der Waals surface area contributed by atoms with Crippen LogP contribution in [0.3, 0.4) is 0 Å². The lowest BCUT2D eigenvalue weighted by atomic mass is 9.70. The maximum Gasteiger partial charge on any atom is 0.158 e. The van der Waals surface area contributed by atoms with Gasteiger partial charge in [-0.25, -0.2) is 5.53 Å². The fourth-order valence-corrected chi connectivity index (χ4v) is 3.26. The van der Waals surface area contributed by atoms with Crippen molar-refractivity contribution in [3.63, 3.8) is 0 Å². The molecule has 3 rings (SSSR count). The summed E-state index contributed by atoms with van der Waals surface area (Å²) in [7, 11) is 0. The van der Waals surface area contributed by atoms with Crippen LogP contribution in [0.25, 0.3) is 0 Å². The summed E-state index contributed by atoms with van der Waals surface area (Å²) in [5, 5.41) is 5.71. The first-order valence-electron chi connectivity index (χ1n) is 8.32. The van der Waals surface area contributed by atoms with Crippen molar-refractivity contribution in [3.8, 4) is 0 Å². The van der Waals surface area contributed by atoms with Gasteiger partial charge in [0.1, 0.15) is 11.8 Å². The minimum absolute atomic E-state index is 0.0686. The summed E-state index contributed by atoms with van der Waals surface area (Å²) in [4.78, 5) is 36.9. The molecule has 25 heavy (non-hydrogen) atoms. The molecule has 2 N–H and O–H groups in total. The molecule has 0 amide bonds. The summed E-state index contributed by atoms with van der Waals surface area (Å²) in [6, 6.07) is 9.78. The van der Waals surface area contributed by atoms with Gasteiger partial charge in [-0.15, -0.1) is 10.2 Å². The number of amidine groups is 1. The number of carbonyl (C=O) groups excluding carboxylic acids is 3. The molecule has 1 aromatic rings. The van der Waals surface area contributed by atoms with Crippen molar-refractivity contribution >= 4 is 23.2 Å². The maximum absolute atomic E-state index is 12.4. The second-order valence-electron chi connectivity index (χ2n) is 7.37. The van der Waals surface area contributed by atoms with Crippen LogP contribution in [0.15, 0.2) is 35.4 Å². The predicted molar refractivity (Wildman–Crippen MR) is 91.8 cm³/mol. The molecule has 0 spiro atoms. The van der Waals surface area contributed by atoms with Gasteiger partial charge in [0.05, 0.1) is 13.0 Å². The number of benzene rings is 1. The van der Waals surface area contributed by atoms with E-state index in [0.29, 0.717) is 12.4 Å². The largest absolute Gasteiger partial charge is 0.298 e. The van der Waals surface area contributed by atoms with Crippen molar-refractivity contribution in [1.82, 2.24) is 16.1 Å². The molecule has 0 saturated heterocycles. The van der Waals surface area contributed by atoms with Crippen LogP contribution in [0.1, 0.15) is 38.7 Å². The van der Waals surface area contributed by atoms with Crippen LogP contribution in [-0.4, -0.2) is 28.3 Å². The Labute approximate surface area is 146 Å². The fourth-order valence-electron chi connectivity index (χ4n) is 3.26. The molecule has 2 aliphatic rings. The molecule has 1 aliphatic carbocycles. The van der Waals surface area contributed by atoms with Gasteiger partial charge in [-0.2, -0.15) is 0 Å². The van der Waals surface area contributed by atoms with E-state index >= 15 is 0 Å². The number of nitrogens with zero attached hydrogens (tertiary/aromatic N) is 2. The molecule has 0 aromatic heterocycles. The molecule has 0 bridgehead atoms. The first kappa shape index (κ1) is 17.3. The van der Waals surface area contributed by atoms with Crippen LogP contribution in [0.5, 0.6) is 0 Å². The molecule has 1 aromatic carbocycles. The Bertz CT molecular complexity index is 707. The molecule has 1 heterocycles. The van der Waals surface area contributed by atoms with Crippen LogP contribution >= 0.6 is 0 Å². The highest BCUT2D eigenvalue weighted by Crippen LogP contribution is 2.34. The maximum atomic E-state index is 12.4. The highest BCUT2D eigenvalue weighted by molar-refractivity contribution is 6.23. The van der Waals surface area contributed by atoms with Gasteiger partial charge in [0.15, 0.2) is 17.3 Å². The second-order valence-corrected chi connectivity index (χ2v) is 7.37. The normalized spacial score (nSPS) is 20.8. The quantitative estimate of drug-likeness (QED) is 0.785. The van der Waals surface area contributed by atoms with Gasteiger partial charge in [-0.1, -0.05) is 44.2 Å². The Kier molecular flexibility index (Phi) is 4.67. The van der Waals surface area contributed by atoms with Crippen molar-refractivity contribution in [3.05, 3.63) is 35.9 Å². The minimum atomic E-state index is -1.14. The number of Topliss-reactive ketones (excluding diaryl/α,β-unsaturated/α-hetero) is 3. The zero-order valence-corrected chi connectivity index (χ0v) is 14.4. The first-order valence-corrected chi connectivity index (χ1v) is 8.32. The van der Waals surface area contributed by atoms with E-state index in [-0.39, 0.29) is 42.0 Å². The number of carbonyl (C=O) groups is 3. The first-order chi connectivity index (χ1) is 11.8. The van der Waals surface area contributed by atoms with Gasteiger partial charge in [0.2, 0.25) is 0 Å². The minimum Gasteiger partial charge on any atom is -0.298 e. The van der Waals surface area contributed by atoms with Crippen LogP contribution in [0.2, 0.25) is 0 Å². The zero-order chi connectivity index (χ0) is 18.0. The van der Waals surface area contributed by atoms with Gasteiger partial charge in [0, 0.05) is 12.8 Å². The lowest BCUT2D eigenvalue weighted by Gasteiger charge is -2.31. The zero-order valence-electron chi connectivity index (χ0n) is 14.4. The summed E-state index contributed by atoms with van der Waals surface area (Å²) in [6.07, 6.45) is 0.446. The molecule has 7 heteroatoms. The highest BCUT2D eigenvalue weighted by atomic mass is 16.2. The second kappa shape index (κ2) is 6.76. The molecular weight excluding hydrogens is 320 g/mol. The van der Waals surface area contributed by atoms with E-state index in [4.69, 9.17) is 0 Å². The summed E-state index contributed by atoms with van der Waals surface area (Å²) in [5.41, 5.74) is 6.49. The van der Waals surface area contributed by atoms with E-state index in [9.17, 15) is 14.4 Å². The Morgan fingerprint density at radius 2 is 1.84 bits per heavy atom. The number of ketones is 3. The Morgan fingerprint density at radius 3 is 2.48 bits per heavy atom. The van der Waals surface area contributed by atoms with E-state index in [1.165, 1.54) is 0 Å². The molecule has 1 fully saturated rings. The van der Waals surface area contributed by atoms with E-state index in [0.717, 1.165) is 5.56 Å². The Balaban J connectivity index is 1.55.